The fraction of sp³-hybridized carbons (Fsp3) is 0.217. The summed E-state index contributed by atoms with van der Waals surface area (Å²) in [5, 5.41) is 0.533. The summed E-state index contributed by atoms with van der Waals surface area (Å²) >= 11 is 6.75. The number of hydrogen-bond acceptors (Lipinski definition) is 5. The van der Waals surface area contributed by atoms with Gasteiger partial charge in [-0.3, -0.25) is 4.98 Å². The minimum absolute atomic E-state index is 0.405. The van der Waals surface area contributed by atoms with Crippen LogP contribution in [0, 0.1) is 0 Å². The number of halogens is 1. The lowest BCUT2D eigenvalue weighted by molar-refractivity contribution is 0.0252. The van der Waals surface area contributed by atoms with E-state index >= 15 is 0 Å². The zero-order valence-electron chi connectivity index (χ0n) is 16.8. The highest BCUT2D eigenvalue weighted by Gasteiger charge is 2.49. The van der Waals surface area contributed by atoms with Gasteiger partial charge in [0.15, 0.2) is 5.60 Å². The summed E-state index contributed by atoms with van der Waals surface area (Å²) in [6.07, 6.45) is 3.22. The van der Waals surface area contributed by atoms with Crippen molar-refractivity contribution in [1.82, 2.24) is 4.98 Å². The number of aromatic nitrogens is 1. The van der Waals surface area contributed by atoms with E-state index in [9.17, 15) is 4.79 Å². The van der Waals surface area contributed by atoms with Crippen LogP contribution in [0.3, 0.4) is 0 Å². The maximum absolute atomic E-state index is 12.8. The second-order valence-corrected chi connectivity index (χ2v) is 7.90. The van der Waals surface area contributed by atoms with Crippen molar-refractivity contribution in [3.8, 4) is 0 Å². The Balaban J connectivity index is 1.99. The summed E-state index contributed by atoms with van der Waals surface area (Å²) in [6, 6.07) is 15.6. The third-order valence-corrected chi connectivity index (χ3v) is 5.62. The van der Waals surface area contributed by atoms with E-state index in [1.54, 1.807) is 12.4 Å². The maximum Gasteiger partial charge on any atom is 0.341 e. The molecule has 0 N–H and O–H groups in total. The van der Waals surface area contributed by atoms with Gasteiger partial charge in [-0.15, -0.1) is 0 Å². The van der Waals surface area contributed by atoms with Gasteiger partial charge in [0, 0.05) is 68.6 Å². The second kappa shape index (κ2) is 7.08. The van der Waals surface area contributed by atoms with Gasteiger partial charge < -0.3 is 14.5 Å². The molecule has 0 amide bonds. The fourth-order valence-corrected chi connectivity index (χ4v) is 4.05. The Bertz CT molecular complexity index is 1080. The minimum atomic E-state index is -1.12. The number of nitrogens with zero attached hydrogens (tertiary/aromatic N) is 3. The number of anilines is 2. The molecule has 0 bridgehead atoms. The molecule has 1 aliphatic rings. The van der Waals surface area contributed by atoms with E-state index in [2.05, 4.69) is 4.98 Å². The molecule has 2 heterocycles. The molecule has 2 aromatic carbocycles. The van der Waals surface area contributed by atoms with Crippen molar-refractivity contribution in [3.05, 3.63) is 88.2 Å². The molecule has 1 aromatic heterocycles. The molecule has 0 fully saturated rings. The third-order valence-electron chi connectivity index (χ3n) is 5.30. The molecule has 0 spiro atoms. The summed E-state index contributed by atoms with van der Waals surface area (Å²) in [5.41, 5.74) is 3.66. The Hall–Kier alpha value is -3.05. The first-order chi connectivity index (χ1) is 13.8. The molecule has 0 saturated carbocycles. The molecule has 0 saturated heterocycles. The van der Waals surface area contributed by atoms with E-state index in [1.807, 2.05) is 86.5 Å². The number of cyclic esters (lactones) is 1. The first-order valence-electron chi connectivity index (χ1n) is 9.27. The highest BCUT2D eigenvalue weighted by atomic mass is 35.5. The topological polar surface area (TPSA) is 45.7 Å². The van der Waals surface area contributed by atoms with Gasteiger partial charge in [0.2, 0.25) is 0 Å². The van der Waals surface area contributed by atoms with Crippen LogP contribution < -0.4 is 9.80 Å². The molecular formula is C23H22ClN3O2. The zero-order valence-corrected chi connectivity index (χ0v) is 17.6. The standard InChI is InChI=1S/C23H22ClN3O2/c1-26(2)16-7-5-15(6-8-16)23(19-11-12-25-14-18(19)22(28)29-23)20-10-9-17(27(3)4)13-21(20)24/h5-14H,1-4H3. The van der Waals surface area contributed by atoms with Crippen molar-refractivity contribution in [3.63, 3.8) is 0 Å². The van der Waals surface area contributed by atoms with E-state index in [0.717, 1.165) is 28.1 Å². The van der Waals surface area contributed by atoms with Crippen molar-refractivity contribution >= 4 is 28.9 Å². The zero-order chi connectivity index (χ0) is 20.8. The van der Waals surface area contributed by atoms with Gasteiger partial charge in [-0.1, -0.05) is 29.8 Å². The van der Waals surface area contributed by atoms with Gasteiger partial charge in [-0.2, -0.15) is 0 Å². The number of pyridine rings is 1. The number of benzene rings is 2. The second-order valence-electron chi connectivity index (χ2n) is 7.49. The molecule has 4 rings (SSSR count). The number of carbonyl (C=O) groups excluding carboxylic acids is 1. The number of hydrogen-bond donors (Lipinski definition) is 0. The summed E-state index contributed by atoms with van der Waals surface area (Å²) < 4.78 is 6.08. The normalized spacial score (nSPS) is 17.6. The van der Waals surface area contributed by atoms with Crippen LogP contribution in [-0.2, 0) is 10.3 Å². The number of fused-ring (bicyclic) bond motifs is 1. The van der Waals surface area contributed by atoms with E-state index in [0.29, 0.717) is 10.6 Å². The first kappa shape index (κ1) is 19.3. The van der Waals surface area contributed by atoms with Crippen LogP contribution in [0.4, 0.5) is 11.4 Å². The molecule has 0 radical (unpaired) electrons. The highest BCUT2D eigenvalue weighted by Crippen LogP contribution is 2.49. The van der Waals surface area contributed by atoms with Crippen LogP contribution in [0.15, 0.2) is 60.9 Å². The van der Waals surface area contributed by atoms with Crippen LogP contribution in [0.25, 0.3) is 0 Å². The van der Waals surface area contributed by atoms with Gasteiger partial charge in [0.1, 0.15) is 0 Å². The summed E-state index contributed by atoms with van der Waals surface area (Å²) in [4.78, 5) is 20.9. The molecule has 5 nitrogen and oxygen atoms in total. The van der Waals surface area contributed by atoms with E-state index in [1.165, 1.54) is 0 Å². The lowest BCUT2D eigenvalue weighted by atomic mass is 9.80. The van der Waals surface area contributed by atoms with Crippen molar-refractivity contribution < 1.29 is 9.53 Å². The van der Waals surface area contributed by atoms with Crippen molar-refractivity contribution in [2.24, 2.45) is 0 Å². The fourth-order valence-electron chi connectivity index (χ4n) is 3.75. The highest BCUT2D eigenvalue weighted by molar-refractivity contribution is 6.32. The Labute approximate surface area is 175 Å². The molecule has 1 atom stereocenters. The molecule has 148 valence electrons. The number of ether oxygens (including phenoxy) is 1. The van der Waals surface area contributed by atoms with Gasteiger partial charge in [0.05, 0.1) is 10.6 Å². The molecule has 0 aliphatic carbocycles. The molecule has 1 aliphatic heterocycles. The lowest BCUT2D eigenvalue weighted by Gasteiger charge is -2.32. The average Bonchev–Trinajstić information content (AvgIpc) is 3.01. The van der Waals surface area contributed by atoms with Crippen LogP contribution in [0.2, 0.25) is 5.02 Å². The summed E-state index contributed by atoms with van der Waals surface area (Å²) in [7, 11) is 7.88. The number of carbonyl (C=O) groups is 1. The quantitative estimate of drug-likeness (QED) is 0.602. The summed E-state index contributed by atoms with van der Waals surface area (Å²) in [5.74, 6) is -0.405. The maximum atomic E-state index is 12.8. The molecule has 1 unspecified atom stereocenters. The minimum Gasteiger partial charge on any atom is -0.440 e. The lowest BCUT2D eigenvalue weighted by Crippen LogP contribution is -2.30. The van der Waals surface area contributed by atoms with Gasteiger partial charge in [0.25, 0.3) is 0 Å². The van der Waals surface area contributed by atoms with Crippen LogP contribution in [0.5, 0.6) is 0 Å². The number of rotatable bonds is 4. The first-order valence-corrected chi connectivity index (χ1v) is 9.65. The molecule has 6 heteroatoms. The Morgan fingerprint density at radius 3 is 2.17 bits per heavy atom. The van der Waals surface area contributed by atoms with Gasteiger partial charge >= 0.3 is 5.97 Å². The Morgan fingerprint density at radius 2 is 1.55 bits per heavy atom. The number of esters is 1. The monoisotopic (exact) mass is 407 g/mol. The van der Waals surface area contributed by atoms with Crippen LogP contribution in [0.1, 0.15) is 27.0 Å². The van der Waals surface area contributed by atoms with Crippen LogP contribution >= 0.6 is 11.6 Å². The smallest absolute Gasteiger partial charge is 0.341 e. The predicted octanol–water partition coefficient (Wildman–Crippen LogP) is 4.33. The van der Waals surface area contributed by atoms with Crippen molar-refractivity contribution in [2.45, 2.75) is 5.60 Å². The predicted molar refractivity (Wildman–Crippen MR) is 116 cm³/mol. The van der Waals surface area contributed by atoms with E-state index in [4.69, 9.17) is 16.3 Å². The SMILES string of the molecule is CN(C)c1ccc(C2(c3ccc(N(C)C)cc3Cl)OC(=O)c3cnccc32)cc1. The summed E-state index contributed by atoms with van der Waals surface area (Å²) in [6.45, 7) is 0. The van der Waals surface area contributed by atoms with Gasteiger partial charge in [-0.25, -0.2) is 4.79 Å². The van der Waals surface area contributed by atoms with Crippen molar-refractivity contribution in [1.29, 1.82) is 0 Å². The van der Waals surface area contributed by atoms with E-state index < -0.39 is 11.6 Å². The van der Waals surface area contributed by atoms with E-state index in [-0.39, 0.29) is 0 Å². The van der Waals surface area contributed by atoms with Crippen LogP contribution in [-0.4, -0.2) is 39.1 Å². The Kier molecular flexibility index (Phi) is 4.71. The Morgan fingerprint density at radius 1 is 0.897 bits per heavy atom. The average molecular weight is 408 g/mol. The van der Waals surface area contributed by atoms with Crippen molar-refractivity contribution in [2.75, 3.05) is 38.0 Å². The largest absolute Gasteiger partial charge is 0.440 e. The molecule has 29 heavy (non-hydrogen) atoms. The van der Waals surface area contributed by atoms with Gasteiger partial charge in [-0.05, 0) is 30.3 Å². The molecular weight excluding hydrogens is 386 g/mol. The third kappa shape index (κ3) is 3.02. The molecule has 3 aromatic rings.